The molecule has 1 atom stereocenters. The molecule has 0 aromatic heterocycles. The van der Waals surface area contributed by atoms with E-state index in [4.69, 9.17) is 4.74 Å². The fourth-order valence-corrected chi connectivity index (χ4v) is 4.71. The highest BCUT2D eigenvalue weighted by Gasteiger charge is 2.35. The molecule has 0 saturated carbocycles. The Labute approximate surface area is 167 Å². The number of nitro groups is 1. The molecule has 0 bridgehead atoms. The summed E-state index contributed by atoms with van der Waals surface area (Å²) in [7, 11) is -2.77. The number of sulfonamides is 1. The molecule has 1 N–H and O–H groups in total. The van der Waals surface area contributed by atoms with E-state index in [1.54, 1.807) is 6.07 Å². The standard InChI is InChI=1S/C17H18FN3O5S.ClH/c1-26-17-6-5-14(10-15(17)21(22)23)27(24,25)20-8-7-19-11-16(20)12-3-2-4-13(18)9-12;/h2-6,9-10,16,19H,7-8,11H2,1H3;1H. The Morgan fingerprint density at radius 2 is 2.04 bits per heavy atom. The Hall–Kier alpha value is -2.27. The molecule has 3 rings (SSSR count). The van der Waals surface area contributed by atoms with Crippen LogP contribution in [-0.2, 0) is 10.0 Å². The number of nitrogens with one attached hydrogen (secondary N) is 1. The summed E-state index contributed by atoms with van der Waals surface area (Å²) in [6, 6.07) is 8.62. The van der Waals surface area contributed by atoms with E-state index in [1.807, 2.05) is 0 Å². The van der Waals surface area contributed by atoms with Gasteiger partial charge in [-0.2, -0.15) is 4.31 Å². The number of benzene rings is 2. The second kappa shape index (κ2) is 8.82. The van der Waals surface area contributed by atoms with Gasteiger partial charge in [0.25, 0.3) is 0 Å². The molecule has 0 amide bonds. The normalized spacial score (nSPS) is 17.6. The molecule has 28 heavy (non-hydrogen) atoms. The Bertz CT molecular complexity index is 973. The van der Waals surface area contributed by atoms with Crippen LogP contribution in [0.4, 0.5) is 10.1 Å². The number of hydrogen-bond donors (Lipinski definition) is 1. The van der Waals surface area contributed by atoms with Gasteiger partial charge in [0.05, 0.1) is 23.0 Å². The Morgan fingerprint density at radius 3 is 2.68 bits per heavy atom. The van der Waals surface area contributed by atoms with E-state index in [2.05, 4.69) is 5.32 Å². The first-order valence-electron chi connectivity index (χ1n) is 8.15. The van der Waals surface area contributed by atoms with Gasteiger partial charge in [-0.05, 0) is 29.8 Å². The van der Waals surface area contributed by atoms with E-state index >= 15 is 0 Å². The van der Waals surface area contributed by atoms with Crippen molar-refractivity contribution in [2.45, 2.75) is 10.9 Å². The van der Waals surface area contributed by atoms with Crippen LogP contribution in [0.25, 0.3) is 0 Å². The van der Waals surface area contributed by atoms with Gasteiger partial charge >= 0.3 is 5.69 Å². The molecule has 1 fully saturated rings. The largest absolute Gasteiger partial charge is 0.490 e. The van der Waals surface area contributed by atoms with Crippen molar-refractivity contribution in [1.82, 2.24) is 9.62 Å². The molecule has 0 aliphatic carbocycles. The topological polar surface area (TPSA) is 102 Å². The minimum absolute atomic E-state index is 0. The van der Waals surface area contributed by atoms with Gasteiger partial charge < -0.3 is 10.1 Å². The fourth-order valence-electron chi connectivity index (χ4n) is 3.08. The summed E-state index contributed by atoms with van der Waals surface area (Å²) in [6.07, 6.45) is 0. The molecule has 1 aliphatic rings. The quantitative estimate of drug-likeness (QED) is 0.576. The molecular weight excluding hydrogens is 413 g/mol. The molecule has 1 aliphatic heterocycles. The molecule has 152 valence electrons. The fraction of sp³-hybridized carbons (Fsp3) is 0.294. The van der Waals surface area contributed by atoms with Crippen molar-refractivity contribution in [2.24, 2.45) is 0 Å². The number of halogens is 2. The van der Waals surface area contributed by atoms with Crippen LogP contribution < -0.4 is 10.1 Å². The SMILES string of the molecule is COc1ccc(S(=O)(=O)N2CCNCC2c2cccc(F)c2)cc1[N+](=O)[O-].Cl. The average Bonchev–Trinajstić information content (AvgIpc) is 2.67. The van der Waals surface area contributed by atoms with Crippen LogP contribution in [-0.4, -0.2) is 44.4 Å². The third-order valence-corrected chi connectivity index (χ3v) is 6.29. The maximum absolute atomic E-state index is 13.6. The molecule has 1 unspecified atom stereocenters. The predicted molar refractivity (Wildman–Crippen MR) is 103 cm³/mol. The molecule has 1 saturated heterocycles. The summed E-state index contributed by atoms with van der Waals surface area (Å²) in [5, 5.41) is 14.3. The van der Waals surface area contributed by atoms with E-state index in [1.165, 1.54) is 41.7 Å². The lowest BCUT2D eigenvalue weighted by atomic mass is 10.1. The molecule has 8 nitrogen and oxygen atoms in total. The van der Waals surface area contributed by atoms with E-state index in [-0.39, 0.29) is 29.6 Å². The van der Waals surface area contributed by atoms with Crippen LogP contribution in [0.15, 0.2) is 47.4 Å². The third-order valence-electron chi connectivity index (χ3n) is 4.38. The Balaban J connectivity index is 0.00000280. The van der Waals surface area contributed by atoms with Gasteiger partial charge in [0.2, 0.25) is 10.0 Å². The minimum atomic E-state index is -4.04. The Morgan fingerprint density at radius 1 is 1.29 bits per heavy atom. The van der Waals surface area contributed by atoms with Crippen LogP contribution in [0, 0.1) is 15.9 Å². The minimum Gasteiger partial charge on any atom is -0.490 e. The summed E-state index contributed by atoms with van der Waals surface area (Å²) in [5.41, 5.74) is 0.0739. The Kier molecular flexibility index (Phi) is 6.94. The van der Waals surface area contributed by atoms with Crippen LogP contribution in [0.3, 0.4) is 0 Å². The van der Waals surface area contributed by atoms with Crippen molar-refractivity contribution >= 4 is 28.1 Å². The maximum Gasteiger partial charge on any atom is 0.312 e. The molecule has 11 heteroatoms. The number of nitrogens with zero attached hydrogens (tertiary/aromatic N) is 2. The van der Waals surface area contributed by atoms with Gasteiger partial charge in [0.15, 0.2) is 5.75 Å². The lowest BCUT2D eigenvalue weighted by molar-refractivity contribution is -0.386. The van der Waals surface area contributed by atoms with Gasteiger partial charge in [0.1, 0.15) is 5.82 Å². The highest BCUT2D eigenvalue weighted by molar-refractivity contribution is 7.89. The monoisotopic (exact) mass is 431 g/mol. The summed E-state index contributed by atoms with van der Waals surface area (Å²) < 4.78 is 46.1. The van der Waals surface area contributed by atoms with Crippen LogP contribution in [0.5, 0.6) is 5.75 Å². The molecule has 1 heterocycles. The number of methoxy groups -OCH3 is 1. The predicted octanol–water partition coefficient (Wildman–Crippen LogP) is 2.50. The number of piperazine rings is 1. The van der Waals surface area contributed by atoms with Crippen molar-refractivity contribution in [1.29, 1.82) is 0 Å². The number of nitro benzene ring substituents is 1. The number of hydrogen-bond acceptors (Lipinski definition) is 6. The highest BCUT2D eigenvalue weighted by Crippen LogP contribution is 2.34. The molecular formula is C17H19ClFN3O5S. The van der Waals surface area contributed by atoms with Crippen LogP contribution in [0.2, 0.25) is 0 Å². The first-order valence-corrected chi connectivity index (χ1v) is 9.59. The zero-order valence-electron chi connectivity index (χ0n) is 14.9. The van der Waals surface area contributed by atoms with Crippen LogP contribution >= 0.6 is 12.4 Å². The number of rotatable bonds is 5. The molecule has 0 radical (unpaired) electrons. The van der Waals surface area contributed by atoms with Crippen molar-refractivity contribution in [3.05, 3.63) is 64.0 Å². The van der Waals surface area contributed by atoms with E-state index < -0.39 is 32.5 Å². The number of ether oxygens (including phenoxy) is 1. The van der Waals surface area contributed by atoms with E-state index in [0.717, 1.165) is 6.07 Å². The lowest BCUT2D eigenvalue weighted by Gasteiger charge is -2.35. The first-order chi connectivity index (χ1) is 12.8. The van der Waals surface area contributed by atoms with Crippen LogP contribution in [0.1, 0.15) is 11.6 Å². The van der Waals surface area contributed by atoms with Crippen molar-refractivity contribution < 1.29 is 22.5 Å². The van der Waals surface area contributed by atoms with Gasteiger partial charge in [0, 0.05) is 25.7 Å². The second-order valence-electron chi connectivity index (χ2n) is 5.98. The smallest absolute Gasteiger partial charge is 0.312 e. The van der Waals surface area contributed by atoms with Gasteiger partial charge in [-0.1, -0.05) is 12.1 Å². The molecule has 0 spiro atoms. The zero-order valence-corrected chi connectivity index (χ0v) is 16.5. The third kappa shape index (κ3) is 4.25. The maximum atomic E-state index is 13.6. The van der Waals surface area contributed by atoms with Crippen molar-refractivity contribution in [3.63, 3.8) is 0 Å². The molecule has 2 aromatic carbocycles. The summed E-state index contributed by atoms with van der Waals surface area (Å²) in [6.45, 7) is 0.883. The summed E-state index contributed by atoms with van der Waals surface area (Å²) in [4.78, 5) is 10.3. The zero-order chi connectivity index (χ0) is 19.6. The lowest BCUT2D eigenvalue weighted by Crippen LogP contribution is -2.48. The van der Waals surface area contributed by atoms with Gasteiger partial charge in [-0.15, -0.1) is 12.4 Å². The second-order valence-corrected chi connectivity index (χ2v) is 7.87. The summed E-state index contributed by atoms with van der Waals surface area (Å²) >= 11 is 0. The van der Waals surface area contributed by atoms with Gasteiger partial charge in [-0.3, -0.25) is 10.1 Å². The molecule has 2 aromatic rings. The van der Waals surface area contributed by atoms with Crippen molar-refractivity contribution in [2.75, 3.05) is 26.7 Å². The van der Waals surface area contributed by atoms with E-state index in [0.29, 0.717) is 18.7 Å². The van der Waals surface area contributed by atoms with Crippen molar-refractivity contribution in [3.8, 4) is 5.75 Å². The highest BCUT2D eigenvalue weighted by atomic mass is 35.5. The van der Waals surface area contributed by atoms with E-state index in [9.17, 15) is 22.9 Å². The van der Waals surface area contributed by atoms with Gasteiger partial charge in [-0.25, -0.2) is 12.8 Å². The average molecular weight is 432 g/mol. The first kappa shape index (κ1) is 22.0. The summed E-state index contributed by atoms with van der Waals surface area (Å²) in [5.74, 6) is -0.489.